The Morgan fingerprint density at radius 2 is 2.00 bits per heavy atom. The van der Waals surface area contributed by atoms with E-state index in [0.29, 0.717) is 16.3 Å². The van der Waals surface area contributed by atoms with Crippen LogP contribution in [0, 0.1) is 0 Å². The van der Waals surface area contributed by atoms with E-state index in [4.69, 9.17) is 21.9 Å². The summed E-state index contributed by atoms with van der Waals surface area (Å²) in [6.45, 7) is 1.34. The summed E-state index contributed by atoms with van der Waals surface area (Å²) < 4.78 is 30.5. The van der Waals surface area contributed by atoms with Gasteiger partial charge in [-0.3, -0.25) is 4.55 Å². The average molecular weight is 260 g/mol. The van der Waals surface area contributed by atoms with Gasteiger partial charge in [-0.15, -0.1) is 0 Å². The molecule has 1 atom stereocenters. The van der Waals surface area contributed by atoms with Crippen LogP contribution in [0.2, 0.25) is 5.02 Å². The summed E-state index contributed by atoms with van der Waals surface area (Å²) in [5.74, 6) is 0. The molecule has 0 saturated carbocycles. The van der Waals surface area contributed by atoms with Gasteiger partial charge in [0.25, 0.3) is 10.1 Å². The first-order valence-corrected chi connectivity index (χ1v) is 5.71. The minimum absolute atomic E-state index is 0. The molecule has 4 nitrogen and oxygen atoms in total. The van der Waals surface area contributed by atoms with Crippen LogP contribution in [0.25, 0.3) is 0 Å². The van der Waals surface area contributed by atoms with E-state index in [9.17, 15) is 8.42 Å². The van der Waals surface area contributed by atoms with Gasteiger partial charge in [0.1, 0.15) is 5.25 Å². The Balaban J connectivity index is 0.00000196. The fourth-order valence-corrected chi connectivity index (χ4v) is 1.76. The first-order chi connectivity index (χ1) is 6.32. The van der Waals surface area contributed by atoms with E-state index in [0.717, 1.165) is 0 Å². The Kier molecular flexibility index (Phi) is 5.60. The zero-order valence-corrected chi connectivity index (χ0v) is 9.01. The second-order valence-corrected chi connectivity index (χ2v) is 5.10. The van der Waals surface area contributed by atoms with Gasteiger partial charge in [0, 0.05) is 10.7 Å². The van der Waals surface area contributed by atoms with Crippen molar-refractivity contribution in [1.82, 2.24) is 0 Å². The molecule has 1 aromatic rings. The van der Waals surface area contributed by atoms with E-state index in [-0.39, 0.29) is 29.6 Å². The summed E-state index contributed by atoms with van der Waals surface area (Å²) >= 11 is 5.68. The van der Waals surface area contributed by atoms with E-state index >= 15 is 0 Å². The summed E-state index contributed by atoms with van der Waals surface area (Å²) in [5.41, 5.74) is 6.15. The van der Waals surface area contributed by atoms with Crippen LogP contribution in [0.3, 0.4) is 0 Å². The number of halogens is 1. The molecule has 0 aliphatic rings. The van der Waals surface area contributed by atoms with Crippen LogP contribution in [-0.2, 0) is 10.1 Å². The van der Waals surface area contributed by atoms with Crippen LogP contribution in [0.4, 0.5) is 5.69 Å². The molecule has 15 heavy (non-hydrogen) atoms. The molecule has 3 N–H and O–H groups in total. The standard InChI is InChI=1S/C8H10ClNO3S.Na.H/c1-5(14(11,12)13)7-4-6(9)2-3-8(7)10;;/h2-5H,10H2,1H3,(H,11,12,13);;. The number of nitrogen functional groups attached to an aromatic ring is 1. The van der Waals surface area contributed by atoms with E-state index < -0.39 is 15.4 Å². The van der Waals surface area contributed by atoms with E-state index in [1.54, 1.807) is 6.07 Å². The molecule has 7 heteroatoms. The molecule has 1 rings (SSSR count). The number of benzene rings is 1. The molecule has 1 unspecified atom stereocenters. The van der Waals surface area contributed by atoms with Crippen molar-refractivity contribution >= 4 is 57.0 Å². The van der Waals surface area contributed by atoms with Gasteiger partial charge in [0.2, 0.25) is 0 Å². The Morgan fingerprint density at radius 3 is 2.47 bits per heavy atom. The maximum atomic E-state index is 10.9. The third kappa shape index (κ3) is 3.94. The molecule has 0 aromatic heterocycles. The predicted molar refractivity (Wildman–Crippen MR) is 63.0 cm³/mol. The van der Waals surface area contributed by atoms with Gasteiger partial charge in [0.05, 0.1) is 0 Å². The van der Waals surface area contributed by atoms with Crippen LogP contribution < -0.4 is 5.73 Å². The quantitative estimate of drug-likeness (QED) is 0.475. The Hall–Kier alpha value is 0.220. The Labute approximate surface area is 116 Å². The van der Waals surface area contributed by atoms with Gasteiger partial charge in [-0.25, -0.2) is 0 Å². The molecule has 0 spiro atoms. The van der Waals surface area contributed by atoms with Crippen molar-refractivity contribution in [2.45, 2.75) is 12.2 Å². The van der Waals surface area contributed by atoms with Gasteiger partial charge < -0.3 is 5.73 Å². The van der Waals surface area contributed by atoms with Gasteiger partial charge in [-0.2, -0.15) is 8.42 Å². The van der Waals surface area contributed by atoms with Crippen molar-refractivity contribution in [2.24, 2.45) is 0 Å². The van der Waals surface area contributed by atoms with Crippen molar-refractivity contribution in [3.8, 4) is 0 Å². The topological polar surface area (TPSA) is 80.4 Å². The van der Waals surface area contributed by atoms with E-state index in [2.05, 4.69) is 0 Å². The van der Waals surface area contributed by atoms with Crippen molar-refractivity contribution in [1.29, 1.82) is 0 Å². The van der Waals surface area contributed by atoms with Crippen LogP contribution in [0.5, 0.6) is 0 Å². The molecule has 0 bridgehead atoms. The van der Waals surface area contributed by atoms with Gasteiger partial charge >= 0.3 is 29.6 Å². The second-order valence-electron chi connectivity index (χ2n) is 2.93. The SMILES string of the molecule is CC(c1cc(Cl)ccc1N)S(=O)(=O)O.[NaH]. The maximum absolute atomic E-state index is 10.9. The van der Waals surface area contributed by atoms with Gasteiger partial charge in [-0.1, -0.05) is 11.6 Å². The van der Waals surface area contributed by atoms with E-state index in [1.165, 1.54) is 19.1 Å². The molecule has 80 valence electrons. The molecule has 0 aliphatic heterocycles. The first-order valence-electron chi connectivity index (χ1n) is 3.83. The van der Waals surface area contributed by atoms with Crippen LogP contribution in [-0.4, -0.2) is 42.5 Å². The summed E-state index contributed by atoms with van der Waals surface area (Å²) in [6, 6.07) is 4.48. The molecule has 0 aliphatic carbocycles. The first kappa shape index (κ1) is 15.2. The predicted octanol–water partition coefficient (Wildman–Crippen LogP) is 1.22. The number of nitrogens with two attached hydrogens (primary N) is 1. The van der Waals surface area contributed by atoms with Crippen LogP contribution in [0.15, 0.2) is 18.2 Å². The van der Waals surface area contributed by atoms with Gasteiger partial charge in [0.15, 0.2) is 0 Å². The van der Waals surface area contributed by atoms with Crippen molar-refractivity contribution in [2.75, 3.05) is 5.73 Å². The number of hydrogen-bond acceptors (Lipinski definition) is 3. The molecule has 0 amide bonds. The molecule has 0 radical (unpaired) electrons. The zero-order chi connectivity index (χ0) is 10.9. The third-order valence-corrected chi connectivity index (χ3v) is 3.32. The van der Waals surface area contributed by atoms with Crippen LogP contribution >= 0.6 is 11.6 Å². The van der Waals surface area contributed by atoms with Crippen molar-refractivity contribution in [3.63, 3.8) is 0 Å². The fraction of sp³-hybridized carbons (Fsp3) is 0.250. The Morgan fingerprint density at radius 1 is 1.47 bits per heavy atom. The molecular formula is C8H11ClNNaO3S. The molecule has 0 fully saturated rings. The second kappa shape index (κ2) is 5.52. The number of rotatable bonds is 2. The van der Waals surface area contributed by atoms with E-state index in [1.807, 2.05) is 0 Å². The Bertz CT molecular complexity index is 449. The summed E-state index contributed by atoms with van der Waals surface area (Å²) in [6.07, 6.45) is 0. The zero-order valence-electron chi connectivity index (χ0n) is 7.44. The number of hydrogen-bond donors (Lipinski definition) is 2. The summed E-state index contributed by atoms with van der Waals surface area (Å²) in [7, 11) is -4.13. The number of anilines is 1. The average Bonchev–Trinajstić information content (AvgIpc) is 2.06. The molecule has 1 aromatic carbocycles. The van der Waals surface area contributed by atoms with Gasteiger partial charge in [-0.05, 0) is 30.7 Å². The van der Waals surface area contributed by atoms with Crippen molar-refractivity contribution < 1.29 is 13.0 Å². The molecule has 0 heterocycles. The summed E-state index contributed by atoms with van der Waals surface area (Å²) in [4.78, 5) is 0. The molecule has 0 saturated heterocycles. The monoisotopic (exact) mass is 259 g/mol. The molecular weight excluding hydrogens is 249 g/mol. The van der Waals surface area contributed by atoms with Crippen molar-refractivity contribution in [3.05, 3.63) is 28.8 Å². The normalized spacial score (nSPS) is 13.0. The minimum atomic E-state index is -4.13. The van der Waals surface area contributed by atoms with Crippen LogP contribution in [0.1, 0.15) is 17.7 Å². The fourth-order valence-electron chi connectivity index (χ4n) is 1.06. The third-order valence-electron chi connectivity index (χ3n) is 1.93. The summed E-state index contributed by atoms with van der Waals surface area (Å²) in [5, 5.41) is -0.689.